The summed E-state index contributed by atoms with van der Waals surface area (Å²) in [5, 5.41) is 3.10. The van der Waals surface area contributed by atoms with Crippen LogP contribution >= 0.6 is 11.3 Å². The van der Waals surface area contributed by atoms with E-state index in [-0.39, 0.29) is 11.8 Å². The number of piperidine rings is 1. The van der Waals surface area contributed by atoms with Crippen LogP contribution in [-0.2, 0) is 11.2 Å². The number of thiazole rings is 1. The number of nitrogens with one attached hydrogen (secondary N) is 1. The van der Waals surface area contributed by atoms with Crippen LogP contribution in [0.1, 0.15) is 35.0 Å². The Balaban J connectivity index is 1.55. The van der Waals surface area contributed by atoms with E-state index in [1.165, 1.54) is 23.8 Å². The second-order valence-electron chi connectivity index (χ2n) is 6.97. The van der Waals surface area contributed by atoms with Crippen molar-refractivity contribution in [2.24, 2.45) is 0 Å². The number of likely N-dealkylation sites (N-methyl/N-ethyl adjacent to an activating group) is 1. The van der Waals surface area contributed by atoms with E-state index in [1.54, 1.807) is 6.20 Å². The van der Waals surface area contributed by atoms with Crippen LogP contribution in [0, 0.1) is 0 Å². The van der Waals surface area contributed by atoms with Crippen molar-refractivity contribution in [3.05, 3.63) is 47.0 Å². The number of nitrogens with zero attached hydrogens (tertiary/aromatic N) is 3. The minimum absolute atomic E-state index is 0.00487. The number of aromatic nitrogens is 1. The van der Waals surface area contributed by atoms with Gasteiger partial charge in [0.25, 0.3) is 5.91 Å². The van der Waals surface area contributed by atoms with Gasteiger partial charge < -0.3 is 15.1 Å². The number of hydrogen-bond donors (Lipinski definition) is 1. The van der Waals surface area contributed by atoms with Crippen molar-refractivity contribution in [2.75, 3.05) is 32.0 Å². The fourth-order valence-electron chi connectivity index (χ4n) is 3.37. The maximum atomic E-state index is 12.8. The molecule has 1 atom stereocenters. The highest BCUT2D eigenvalue weighted by Crippen LogP contribution is 2.23. The van der Waals surface area contributed by atoms with Gasteiger partial charge in [0.2, 0.25) is 5.91 Å². The Morgan fingerprint density at radius 1 is 1.33 bits per heavy atom. The van der Waals surface area contributed by atoms with Crippen LogP contribution in [0.3, 0.4) is 0 Å². The Hall–Kier alpha value is -2.25. The summed E-state index contributed by atoms with van der Waals surface area (Å²) in [4.78, 5) is 32.9. The Kier molecular flexibility index (Phi) is 6.58. The molecule has 2 amide bonds. The standard InChI is InChI=1S/C20H26N4O2S/c1-15(25)22-20-21-13-18(27-20)19(26)24-11-6-9-17(14-24)23(2)12-10-16-7-4-3-5-8-16/h3-5,7-8,13,17H,6,9-12,14H2,1-2H3,(H,21,22,25)/t17-/m1/s1. The van der Waals surface area contributed by atoms with E-state index < -0.39 is 0 Å². The maximum Gasteiger partial charge on any atom is 0.265 e. The number of carbonyl (C=O) groups is 2. The molecule has 0 unspecified atom stereocenters. The number of anilines is 1. The average molecular weight is 387 g/mol. The van der Waals surface area contributed by atoms with Gasteiger partial charge in [0.05, 0.1) is 6.20 Å². The lowest BCUT2D eigenvalue weighted by molar-refractivity contribution is -0.114. The number of rotatable bonds is 6. The van der Waals surface area contributed by atoms with E-state index in [2.05, 4.69) is 46.5 Å². The van der Waals surface area contributed by atoms with Gasteiger partial charge in [-0.3, -0.25) is 9.59 Å². The van der Waals surface area contributed by atoms with Crippen LogP contribution < -0.4 is 5.32 Å². The summed E-state index contributed by atoms with van der Waals surface area (Å²) < 4.78 is 0. The van der Waals surface area contributed by atoms with Crippen LogP contribution in [-0.4, -0.2) is 59.3 Å². The van der Waals surface area contributed by atoms with Gasteiger partial charge in [-0.15, -0.1) is 0 Å². The molecule has 0 bridgehead atoms. The topological polar surface area (TPSA) is 65.5 Å². The number of likely N-dealkylation sites (tertiary alicyclic amines) is 1. The molecular formula is C20H26N4O2S. The maximum absolute atomic E-state index is 12.8. The third-order valence-corrected chi connectivity index (χ3v) is 5.80. The van der Waals surface area contributed by atoms with Gasteiger partial charge in [0.15, 0.2) is 5.13 Å². The average Bonchev–Trinajstić information content (AvgIpc) is 3.14. The molecule has 0 aliphatic carbocycles. The Labute approximate surface area is 164 Å². The first-order chi connectivity index (χ1) is 13.0. The van der Waals surface area contributed by atoms with Crippen molar-refractivity contribution in [3.63, 3.8) is 0 Å². The van der Waals surface area contributed by atoms with E-state index in [9.17, 15) is 9.59 Å². The predicted octanol–water partition coefficient (Wildman–Crippen LogP) is 2.88. The zero-order chi connectivity index (χ0) is 19.2. The van der Waals surface area contributed by atoms with Crippen LogP contribution in [0.25, 0.3) is 0 Å². The lowest BCUT2D eigenvalue weighted by Gasteiger charge is -2.37. The summed E-state index contributed by atoms with van der Waals surface area (Å²) in [6, 6.07) is 10.9. The first kappa shape index (κ1) is 19.5. The molecule has 2 heterocycles. The SMILES string of the molecule is CC(=O)Nc1ncc(C(=O)N2CCC[C@@H](N(C)CCc3ccccc3)C2)s1. The number of amides is 2. The zero-order valence-electron chi connectivity index (χ0n) is 15.9. The Morgan fingerprint density at radius 3 is 2.85 bits per heavy atom. The molecule has 27 heavy (non-hydrogen) atoms. The van der Waals surface area contributed by atoms with Crippen molar-refractivity contribution in [3.8, 4) is 0 Å². The zero-order valence-corrected chi connectivity index (χ0v) is 16.7. The van der Waals surface area contributed by atoms with Gasteiger partial charge in [-0.25, -0.2) is 4.98 Å². The smallest absolute Gasteiger partial charge is 0.265 e. The highest BCUT2D eigenvalue weighted by molar-refractivity contribution is 7.17. The van der Waals surface area contributed by atoms with E-state index in [0.29, 0.717) is 16.1 Å². The van der Waals surface area contributed by atoms with E-state index >= 15 is 0 Å². The Morgan fingerprint density at radius 2 is 2.11 bits per heavy atom. The second-order valence-corrected chi connectivity index (χ2v) is 8.00. The van der Waals surface area contributed by atoms with Gasteiger partial charge >= 0.3 is 0 Å². The molecule has 0 radical (unpaired) electrons. The number of benzene rings is 1. The third-order valence-electron chi connectivity index (χ3n) is 4.90. The van der Waals surface area contributed by atoms with E-state index in [0.717, 1.165) is 38.9 Å². The molecule has 1 aromatic carbocycles. The summed E-state index contributed by atoms with van der Waals surface area (Å²) in [5.41, 5.74) is 1.34. The van der Waals surface area contributed by atoms with Gasteiger partial charge in [-0.05, 0) is 31.9 Å². The Bertz CT molecular complexity index is 777. The van der Waals surface area contributed by atoms with Crippen molar-refractivity contribution < 1.29 is 9.59 Å². The molecule has 0 spiro atoms. The van der Waals surface area contributed by atoms with Crippen molar-refractivity contribution in [1.82, 2.24) is 14.8 Å². The highest BCUT2D eigenvalue weighted by Gasteiger charge is 2.27. The first-order valence-electron chi connectivity index (χ1n) is 9.30. The molecule has 6 nitrogen and oxygen atoms in total. The minimum atomic E-state index is -0.179. The summed E-state index contributed by atoms with van der Waals surface area (Å²) in [6.07, 6.45) is 4.68. The quantitative estimate of drug-likeness (QED) is 0.829. The van der Waals surface area contributed by atoms with Crippen LogP contribution in [0.2, 0.25) is 0 Å². The van der Waals surface area contributed by atoms with Crippen LogP contribution in [0.5, 0.6) is 0 Å². The van der Waals surface area contributed by atoms with Crippen molar-refractivity contribution >= 4 is 28.3 Å². The fourth-order valence-corrected chi connectivity index (χ4v) is 4.20. The van der Waals surface area contributed by atoms with Gasteiger partial charge in [0, 0.05) is 32.6 Å². The largest absolute Gasteiger partial charge is 0.336 e. The van der Waals surface area contributed by atoms with Gasteiger partial charge in [-0.2, -0.15) is 0 Å². The molecule has 1 N–H and O–H groups in total. The lowest BCUT2D eigenvalue weighted by Crippen LogP contribution is -2.48. The number of hydrogen-bond acceptors (Lipinski definition) is 5. The van der Waals surface area contributed by atoms with Crippen LogP contribution in [0.15, 0.2) is 36.5 Å². The van der Waals surface area contributed by atoms with Crippen LogP contribution in [0.4, 0.5) is 5.13 Å². The molecule has 2 aromatic rings. The molecule has 7 heteroatoms. The van der Waals surface area contributed by atoms with Gasteiger partial charge in [0.1, 0.15) is 4.88 Å². The minimum Gasteiger partial charge on any atom is -0.336 e. The van der Waals surface area contributed by atoms with E-state index in [4.69, 9.17) is 0 Å². The fraction of sp³-hybridized carbons (Fsp3) is 0.450. The molecule has 3 rings (SSSR count). The summed E-state index contributed by atoms with van der Waals surface area (Å²) in [6.45, 7) is 3.92. The lowest BCUT2D eigenvalue weighted by atomic mass is 10.0. The molecule has 0 saturated carbocycles. The monoisotopic (exact) mass is 386 g/mol. The van der Waals surface area contributed by atoms with Gasteiger partial charge in [-0.1, -0.05) is 41.7 Å². The molecule has 1 aliphatic rings. The normalized spacial score (nSPS) is 17.1. The van der Waals surface area contributed by atoms with Crippen molar-refractivity contribution in [2.45, 2.75) is 32.2 Å². The summed E-state index contributed by atoms with van der Waals surface area (Å²) in [5.74, 6) is -0.174. The predicted molar refractivity (Wildman–Crippen MR) is 108 cm³/mol. The number of carbonyl (C=O) groups excluding carboxylic acids is 2. The molecule has 1 saturated heterocycles. The van der Waals surface area contributed by atoms with E-state index in [1.807, 2.05) is 11.0 Å². The molecule has 1 fully saturated rings. The highest BCUT2D eigenvalue weighted by atomic mass is 32.1. The molecular weight excluding hydrogens is 360 g/mol. The molecule has 1 aliphatic heterocycles. The second kappa shape index (κ2) is 9.10. The summed E-state index contributed by atoms with van der Waals surface area (Å²) in [7, 11) is 2.14. The molecule has 144 valence electrons. The molecule has 1 aromatic heterocycles. The van der Waals surface area contributed by atoms with Crippen molar-refractivity contribution in [1.29, 1.82) is 0 Å². The summed E-state index contributed by atoms with van der Waals surface area (Å²) >= 11 is 1.23. The third kappa shape index (κ3) is 5.37. The first-order valence-corrected chi connectivity index (χ1v) is 10.1.